The van der Waals surface area contributed by atoms with Gasteiger partial charge in [0.2, 0.25) is 0 Å². The zero-order valence-electron chi connectivity index (χ0n) is 19.9. The number of ether oxygens (including phenoxy) is 1. The van der Waals surface area contributed by atoms with Crippen LogP contribution in [0.3, 0.4) is 0 Å². The summed E-state index contributed by atoms with van der Waals surface area (Å²) in [5, 5.41) is 4.46. The molecule has 11 heteroatoms. The molecule has 1 unspecified atom stereocenters. The summed E-state index contributed by atoms with van der Waals surface area (Å²) in [5.41, 5.74) is 0.0627. The quantitative estimate of drug-likeness (QED) is 0.404. The maximum Gasteiger partial charge on any atom is 0.261 e. The van der Waals surface area contributed by atoms with Crippen molar-refractivity contribution in [2.75, 3.05) is 18.0 Å². The van der Waals surface area contributed by atoms with Crippen LogP contribution in [0.2, 0.25) is 0 Å². The Morgan fingerprint density at radius 1 is 1.06 bits per heavy atom. The molecule has 1 aliphatic carbocycles. The molecule has 1 aliphatic heterocycles. The van der Waals surface area contributed by atoms with Crippen LogP contribution in [-0.4, -0.2) is 43.0 Å². The summed E-state index contributed by atoms with van der Waals surface area (Å²) in [4.78, 5) is 24.3. The first-order valence-corrected chi connectivity index (χ1v) is 11.6. The number of halogens is 3. The Morgan fingerprint density at radius 3 is 2.50 bits per heavy atom. The van der Waals surface area contributed by atoms with Crippen molar-refractivity contribution in [3.8, 4) is 11.3 Å². The molecule has 0 N–H and O–H groups in total. The average Bonchev–Trinajstić information content (AvgIpc) is 3.43. The number of hydrogen-bond acceptors (Lipinski definition) is 6. The fraction of sp³-hybridized carbons (Fsp3) is 0.360. The third-order valence-corrected chi connectivity index (χ3v) is 7.02. The van der Waals surface area contributed by atoms with Crippen LogP contribution in [0, 0.1) is 24.4 Å². The molecule has 1 saturated carbocycles. The highest BCUT2D eigenvalue weighted by Gasteiger charge is 2.51. The van der Waals surface area contributed by atoms with Gasteiger partial charge in [-0.2, -0.15) is 5.10 Å². The fourth-order valence-corrected chi connectivity index (χ4v) is 4.78. The predicted octanol–water partition coefficient (Wildman–Crippen LogP) is 3.57. The summed E-state index contributed by atoms with van der Waals surface area (Å²) in [6.45, 7) is 2.59. The third kappa shape index (κ3) is 3.65. The van der Waals surface area contributed by atoms with Crippen LogP contribution in [0.4, 0.5) is 19.0 Å². The Bertz CT molecular complexity index is 1590. The van der Waals surface area contributed by atoms with Crippen molar-refractivity contribution in [2.24, 2.45) is 14.1 Å². The second-order valence-corrected chi connectivity index (χ2v) is 9.61. The molecular formula is C25H23F3N6O2. The number of rotatable bonds is 3. The number of hydrogen-bond donors (Lipinski definition) is 0. The standard InChI is InChI=1S/C25H23F3N6O2/c1-13-30-23-16(24(35)33(13)3)7-21(31-22(23)15-6-18(27)19(28)8-17(15)26)34-11-20(14-9-29-32(2)10-14)36-25(12-34)4-5-25/h6-10,20H,4-5,11-12H2,1-3H3. The van der Waals surface area contributed by atoms with Gasteiger partial charge in [-0.15, -0.1) is 0 Å². The molecule has 0 radical (unpaired) electrons. The minimum absolute atomic E-state index is 0.0195. The van der Waals surface area contributed by atoms with Gasteiger partial charge in [0.15, 0.2) is 11.6 Å². The molecule has 2 fully saturated rings. The van der Waals surface area contributed by atoms with Crippen molar-refractivity contribution < 1.29 is 17.9 Å². The van der Waals surface area contributed by atoms with E-state index in [0.29, 0.717) is 30.8 Å². The molecule has 186 valence electrons. The summed E-state index contributed by atoms with van der Waals surface area (Å²) in [5.74, 6) is -2.72. The second kappa shape index (κ2) is 7.89. The number of anilines is 1. The summed E-state index contributed by atoms with van der Waals surface area (Å²) in [6.07, 6.45) is 5.11. The molecule has 4 aromatic rings. The lowest BCUT2D eigenvalue weighted by Gasteiger charge is -2.39. The van der Waals surface area contributed by atoms with E-state index >= 15 is 0 Å². The third-order valence-electron chi connectivity index (χ3n) is 7.02. The van der Waals surface area contributed by atoms with Gasteiger partial charge in [-0.05, 0) is 31.9 Å². The van der Waals surface area contributed by atoms with Crippen molar-refractivity contribution in [3.63, 3.8) is 0 Å². The van der Waals surface area contributed by atoms with E-state index in [0.717, 1.165) is 24.5 Å². The van der Waals surface area contributed by atoms with Gasteiger partial charge >= 0.3 is 0 Å². The summed E-state index contributed by atoms with van der Waals surface area (Å²) >= 11 is 0. The van der Waals surface area contributed by atoms with E-state index in [4.69, 9.17) is 4.74 Å². The number of pyridine rings is 1. The van der Waals surface area contributed by atoms with Crippen molar-refractivity contribution in [3.05, 3.63) is 69.8 Å². The Labute approximate surface area is 204 Å². The van der Waals surface area contributed by atoms with Crippen LogP contribution in [0.1, 0.15) is 30.3 Å². The van der Waals surface area contributed by atoms with Gasteiger partial charge in [-0.1, -0.05) is 0 Å². The molecule has 6 rings (SSSR count). The smallest absolute Gasteiger partial charge is 0.261 e. The largest absolute Gasteiger partial charge is 0.363 e. The van der Waals surface area contributed by atoms with Crippen LogP contribution >= 0.6 is 0 Å². The highest BCUT2D eigenvalue weighted by atomic mass is 19.2. The van der Waals surface area contributed by atoms with Gasteiger partial charge < -0.3 is 9.64 Å². The van der Waals surface area contributed by atoms with E-state index in [1.165, 1.54) is 4.57 Å². The maximum absolute atomic E-state index is 14.9. The summed E-state index contributed by atoms with van der Waals surface area (Å²) in [7, 11) is 3.42. The predicted molar refractivity (Wildman–Crippen MR) is 126 cm³/mol. The zero-order chi connectivity index (χ0) is 25.4. The first kappa shape index (κ1) is 22.7. The molecule has 2 aliphatic rings. The van der Waals surface area contributed by atoms with Crippen molar-refractivity contribution in [1.29, 1.82) is 0 Å². The number of morpholine rings is 1. The van der Waals surface area contributed by atoms with Crippen LogP contribution in [0.5, 0.6) is 0 Å². The summed E-state index contributed by atoms with van der Waals surface area (Å²) in [6, 6.07) is 2.86. The van der Waals surface area contributed by atoms with Gasteiger partial charge in [0.1, 0.15) is 34.8 Å². The lowest BCUT2D eigenvalue weighted by molar-refractivity contribution is -0.0455. The van der Waals surface area contributed by atoms with E-state index in [2.05, 4.69) is 15.1 Å². The molecule has 1 spiro atoms. The molecule has 4 heterocycles. The minimum Gasteiger partial charge on any atom is -0.363 e. The average molecular weight is 496 g/mol. The van der Waals surface area contributed by atoms with Crippen LogP contribution in [0.25, 0.3) is 22.2 Å². The highest BCUT2D eigenvalue weighted by molar-refractivity contribution is 5.93. The normalized spacial score (nSPS) is 18.8. The molecule has 1 atom stereocenters. The van der Waals surface area contributed by atoms with E-state index in [-0.39, 0.29) is 39.4 Å². The molecular weight excluding hydrogens is 473 g/mol. The van der Waals surface area contributed by atoms with Crippen molar-refractivity contribution in [1.82, 2.24) is 24.3 Å². The van der Waals surface area contributed by atoms with E-state index < -0.39 is 17.5 Å². The lowest BCUT2D eigenvalue weighted by Crippen LogP contribution is -2.46. The van der Waals surface area contributed by atoms with E-state index in [1.54, 1.807) is 30.9 Å². The van der Waals surface area contributed by atoms with E-state index in [1.807, 2.05) is 18.1 Å². The number of fused-ring (bicyclic) bond motifs is 1. The van der Waals surface area contributed by atoms with Crippen LogP contribution < -0.4 is 10.5 Å². The van der Waals surface area contributed by atoms with Gasteiger partial charge in [0, 0.05) is 44.0 Å². The lowest BCUT2D eigenvalue weighted by atomic mass is 10.1. The van der Waals surface area contributed by atoms with Gasteiger partial charge in [0.25, 0.3) is 5.56 Å². The van der Waals surface area contributed by atoms with Gasteiger partial charge in [-0.25, -0.2) is 23.1 Å². The molecule has 3 aromatic heterocycles. The minimum atomic E-state index is -1.31. The molecule has 0 bridgehead atoms. The molecule has 36 heavy (non-hydrogen) atoms. The van der Waals surface area contributed by atoms with E-state index in [9.17, 15) is 18.0 Å². The van der Waals surface area contributed by atoms with Gasteiger partial charge in [0.05, 0.1) is 23.7 Å². The molecule has 8 nitrogen and oxygen atoms in total. The Balaban J connectivity index is 1.55. The monoisotopic (exact) mass is 496 g/mol. The SMILES string of the molecule is Cc1nc2c(-c3cc(F)c(F)cc3F)nc(N3CC(c4cnn(C)c4)OC4(CC4)C3)cc2c(=O)n1C. The van der Waals surface area contributed by atoms with Crippen molar-refractivity contribution >= 4 is 16.7 Å². The van der Waals surface area contributed by atoms with Crippen LogP contribution in [0.15, 0.2) is 35.4 Å². The fourth-order valence-electron chi connectivity index (χ4n) is 4.78. The molecule has 0 amide bonds. The Hall–Kier alpha value is -3.73. The number of benzene rings is 1. The Kier molecular flexibility index (Phi) is 4.98. The van der Waals surface area contributed by atoms with Crippen molar-refractivity contribution in [2.45, 2.75) is 31.5 Å². The number of aromatic nitrogens is 5. The Morgan fingerprint density at radius 2 is 1.81 bits per heavy atom. The zero-order valence-corrected chi connectivity index (χ0v) is 19.9. The maximum atomic E-state index is 14.9. The highest BCUT2D eigenvalue weighted by Crippen LogP contribution is 2.48. The number of nitrogens with zero attached hydrogens (tertiary/aromatic N) is 6. The van der Waals surface area contributed by atoms with Gasteiger partial charge in [-0.3, -0.25) is 14.0 Å². The summed E-state index contributed by atoms with van der Waals surface area (Å²) < 4.78 is 52.3. The first-order chi connectivity index (χ1) is 17.1. The molecule has 1 aromatic carbocycles. The van der Waals surface area contributed by atoms with Crippen LogP contribution in [-0.2, 0) is 18.8 Å². The number of aryl methyl sites for hydroxylation is 2. The first-order valence-electron chi connectivity index (χ1n) is 11.6. The topological polar surface area (TPSA) is 78.1 Å². The second-order valence-electron chi connectivity index (χ2n) is 9.61. The molecule has 1 saturated heterocycles.